The fourth-order valence-corrected chi connectivity index (χ4v) is 0.482. The second-order valence-corrected chi connectivity index (χ2v) is 2.15. The number of nitrogen functional groups attached to an aromatic ring is 1. The van der Waals surface area contributed by atoms with Crippen LogP contribution in [0, 0.1) is 0 Å². The summed E-state index contributed by atoms with van der Waals surface area (Å²) in [6, 6.07) is 0. The van der Waals surface area contributed by atoms with Crippen molar-refractivity contribution >= 4 is 5.95 Å². The Morgan fingerprint density at radius 1 is 1.56 bits per heavy atom. The number of hydrogen-bond donors (Lipinski definition) is 1. The molecule has 0 aliphatic carbocycles. The maximum Gasteiger partial charge on any atom is 0.260 e. The summed E-state index contributed by atoms with van der Waals surface area (Å²) in [7, 11) is 0. The van der Waals surface area contributed by atoms with E-state index >= 15 is 0 Å². The highest BCUT2D eigenvalue weighted by molar-refractivity contribution is 5.11. The molecule has 1 aromatic heterocycles. The van der Waals surface area contributed by atoms with E-state index in [0.29, 0.717) is 5.89 Å². The van der Waals surface area contributed by atoms with E-state index in [2.05, 4.69) is 10.1 Å². The van der Waals surface area contributed by atoms with Crippen LogP contribution in [0.25, 0.3) is 0 Å². The lowest BCUT2D eigenvalue weighted by molar-refractivity contribution is 0.366. The molecule has 0 aliphatic rings. The molecule has 1 heterocycles. The zero-order valence-corrected chi connectivity index (χ0v) is 5.46. The predicted molar refractivity (Wildman–Crippen MR) is 32.8 cm³/mol. The van der Waals surface area contributed by atoms with Gasteiger partial charge in [0.05, 0.1) is 0 Å². The van der Waals surface area contributed by atoms with Crippen LogP contribution in [0.5, 0.6) is 0 Å². The van der Waals surface area contributed by atoms with Gasteiger partial charge in [0.25, 0.3) is 5.95 Å². The molecule has 1 rings (SSSR count). The van der Waals surface area contributed by atoms with Crippen LogP contribution in [0.4, 0.5) is 5.95 Å². The monoisotopic (exact) mass is 127 g/mol. The van der Waals surface area contributed by atoms with Crippen molar-refractivity contribution in [2.24, 2.45) is 0 Å². The van der Waals surface area contributed by atoms with Crippen LogP contribution in [-0.2, 0) is 0 Å². The van der Waals surface area contributed by atoms with Crippen LogP contribution >= 0.6 is 0 Å². The van der Waals surface area contributed by atoms with Crippen LogP contribution < -0.4 is 5.73 Å². The van der Waals surface area contributed by atoms with Gasteiger partial charge in [-0.1, -0.05) is 13.8 Å². The molecule has 0 amide bonds. The second-order valence-electron chi connectivity index (χ2n) is 2.15. The van der Waals surface area contributed by atoms with Gasteiger partial charge in [-0.3, -0.25) is 0 Å². The summed E-state index contributed by atoms with van der Waals surface area (Å²) in [5.74, 6) is 1.06. The van der Waals surface area contributed by atoms with Gasteiger partial charge >= 0.3 is 0 Å². The molecule has 50 valence electrons. The first-order chi connectivity index (χ1) is 4.20. The number of anilines is 1. The highest BCUT2D eigenvalue weighted by Gasteiger charge is 2.05. The molecule has 4 heteroatoms. The highest BCUT2D eigenvalue weighted by Crippen LogP contribution is 2.10. The zero-order chi connectivity index (χ0) is 6.85. The summed E-state index contributed by atoms with van der Waals surface area (Å²) in [4.78, 5) is 3.81. The molecule has 0 spiro atoms. The van der Waals surface area contributed by atoms with E-state index in [0.717, 1.165) is 0 Å². The van der Waals surface area contributed by atoms with Gasteiger partial charge in [0.15, 0.2) is 0 Å². The summed E-state index contributed by atoms with van der Waals surface area (Å²) in [5, 5.41) is 3.43. The highest BCUT2D eigenvalue weighted by atomic mass is 16.5. The van der Waals surface area contributed by atoms with Gasteiger partial charge in [-0.25, -0.2) is 0 Å². The molecule has 0 unspecified atom stereocenters. The smallest absolute Gasteiger partial charge is 0.260 e. The molecule has 0 fully saturated rings. The van der Waals surface area contributed by atoms with Gasteiger partial charge in [0.2, 0.25) is 5.89 Å². The SMILES string of the molecule is CC(C)c1nc(N)no1. The third-order valence-electron chi connectivity index (χ3n) is 0.951. The van der Waals surface area contributed by atoms with Crippen molar-refractivity contribution in [3.8, 4) is 0 Å². The van der Waals surface area contributed by atoms with Crippen molar-refractivity contribution < 1.29 is 4.52 Å². The summed E-state index contributed by atoms with van der Waals surface area (Å²) in [6.07, 6.45) is 0. The first-order valence-corrected chi connectivity index (χ1v) is 2.79. The minimum absolute atomic E-state index is 0.207. The topological polar surface area (TPSA) is 64.9 Å². The molecule has 4 nitrogen and oxygen atoms in total. The molecule has 0 saturated carbocycles. The van der Waals surface area contributed by atoms with E-state index in [4.69, 9.17) is 10.3 Å². The Morgan fingerprint density at radius 2 is 2.22 bits per heavy atom. The van der Waals surface area contributed by atoms with E-state index in [-0.39, 0.29) is 11.9 Å². The van der Waals surface area contributed by atoms with Crippen molar-refractivity contribution in [3.05, 3.63) is 5.89 Å². The minimum atomic E-state index is 0.207. The van der Waals surface area contributed by atoms with Crippen LogP contribution in [-0.4, -0.2) is 10.1 Å². The Bertz CT molecular complexity index is 194. The summed E-state index contributed by atoms with van der Waals surface area (Å²) >= 11 is 0. The number of nitrogens with two attached hydrogens (primary N) is 1. The third-order valence-corrected chi connectivity index (χ3v) is 0.951. The quantitative estimate of drug-likeness (QED) is 0.605. The molecule has 1 aromatic rings. The van der Waals surface area contributed by atoms with E-state index in [9.17, 15) is 0 Å². The second kappa shape index (κ2) is 2.05. The maximum absolute atomic E-state index is 5.20. The van der Waals surface area contributed by atoms with Crippen LogP contribution in [0.3, 0.4) is 0 Å². The molecule has 0 aliphatic heterocycles. The average molecular weight is 127 g/mol. The maximum atomic E-state index is 5.20. The standard InChI is InChI=1S/C5H9N3O/c1-3(2)4-7-5(6)8-9-4/h3H,1-2H3,(H2,6,8). The van der Waals surface area contributed by atoms with Crippen LogP contribution in [0.1, 0.15) is 25.7 Å². The molecule has 0 aromatic carbocycles. The first kappa shape index (κ1) is 6.07. The normalized spacial score (nSPS) is 10.6. The molecule has 2 N–H and O–H groups in total. The van der Waals surface area contributed by atoms with Gasteiger partial charge in [-0.2, -0.15) is 4.98 Å². The third kappa shape index (κ3) is 1.19. The minimum Gasteiger partial charge on any atom is -0.365 e. The molecule has 9 heavy (non-hydrogen) atoms. The molecule has 0 bridgehead atoms. The Kier molecular flexibility index (Phi) is 1.38. The lowest BCUT2D eigenvalue weighted by Crippen LogP contribution is -1.89. The summed E-state index contributed by atoms with van der Waals surface area (Å²) < 4.78 is 4.74. The first-order valence-electron chi connectivity index (χ1n) is 2.79. The van der Waals surface area contributed by atoms with Crippen LogP contribution in [0.15, 0.2) is 4.52 Å². The number of nitrogens with zero attached hydrogens (tertiary/aromatic N) is 2. The van der Waals surface area contributed by atoms with Gasteiger partial charge in [-0.15, -0.1) is 0 Å². The Hall–Kier alpha value is -1.06. The predicted octanol–water partition coefficient (Wildman–Crippen LogP) is 0.775. The van der Waals surface area contributed by atoms with Gasteiger partial charge in [0.1, 0.15) is 0 Å². The number of aromatic nitrogens is 2. The van der Waals surface area contributed by atoms with Crippen molar-refractivity contribution in [1.82, 2.24) is 10.1 Å². The largest absolute Gasteiger partial charge is 0.365 e. The van der Waals surface area contributed by atoms with E-state index in [1.54, 1.807) is 0 Å². The molecular formula is C5H9N3O. The summed E-state index contributed by atoms with van der Waals surface area (Å²) in [5.41, 5.74) is 5.20. The van der Waals surface area contributed by atoms with Crippen molar-refractivity contribution in [2.45, 2.75) is 19.8 Å². The summed E-state index contributed by atoms with van der Waals surface area (Å²) in [6.45, 7) is 3.93. The lowest BCUT2D eigenvalue weighted by atomic mass is 10.2. The fraction of sp³-hybridized carbons (Fsp3) is 0.600. The Morgan fingerprint density at radius 3 is 2.44 bits per heavy atom. The molecule has 0 atom stereocenters. The van der Waals surface area contributed by atoms with Gasteiger partial charge < -0.3 is 10.3 Å². The molecular weight excluding hydrogens is 118 g/mol. The van der Waals surface area contributed by atoms with Crippen molar-refractivity contribution in [2.75, 3.05) is 5.73 Å². The van der Waals surface area contributed by atoms with Crippen molar-refractivity contribution in [3.63, 3.8) is 0 Å². The van der Waals surface area contributed by atoms with Gasteiger partial charge in [0, 0.05) is 5.92 Å². The zero-order valence-electron chi connectivity index (χ0n) is 5.46. The molecule has 0 radical (unpaired) electrons. The van der Waals surface area contributed by atoms with Crippen LogP contribution in [0.2, 0.25) is 0 Å². The average Bonchev–Trinajstić information content (AvgIpc) is 2.14. The van der Waals surface area contributed by atoms with E-state index in [1.807, 2.05) is 13.8 Å². The molecule has 0 saturated heterocycles. The van der Waals surface area contributed by atoms with Crippen molar-refractivity contribution in [1.29, 1.82) is 0 Å². The Labute approximate surface area is 53.1 Å². The Balaban J connectivity index is 2.85. The number of hydrogen-bond acceptors (Lipinski definition) is 4. The number of rotatable bonds is 1. The van der Waals surface area contributed by atoms with Gasteiger partial charge in [-0.05, 0) is 5.16 Å². The van der Waals surface area contributed by atoms with E-state index < -0.39 is 0 Å². The fourth-order valence-electron chi connectivity index (χ4n) is 0.482. The lowest BCUT2D eigenvalue weighted by Gasteiger charge is -1.90. The van der Waals surface area contributed by atoms with E-state index in [1.165, 1.54) is 0 Å².